The summed E-state index contributed by atoms with van der Waals surface area (Å²) < 4.78 is 5.10. The molecule has 28 heavy (non-hydrogen) atoms. The molecule has 1 aromatic rings. The third kappa shape index (κ3) is 4.32. The monoisotopic (exact) mass is 387 g/mol. The van der Waals surface area contributed by atoms with Gasteiger partial charge in [0.25, 0.3) is 11.8 Å². The first-order valence-electron chi connectivity index (χ1n) is 9.56. The second-order valence-electron chi connectivity index (χ2n) is 7.27. The highest BCUT2D eigenvalue weighted by atomic mass is 16.5. The second kappa shape index (κ2) is 8.41. The molecule has 150 valence electrons. The lowest BCUT2D eigenvalue weighted by atomic mass is 9.98. The van der Waals surface area contributed by atoms with Crippen molar-refractivity contribution < 1.29 is 23.9 Å². The molecule has 2 aliphatic rings. The van der Waals surface area contributed by atoms with Crippen LogP contribution in [0.1, 0.15) is 38.2 Å². The quantitative estimate of drug-likeness (QED) is 0.539. The molecule has 0 aromatic heterocycles. The van der Waals surface area contributed by atoms with Crippen LogP contribution >= 0.6 is 0 Å². The molecular weight excluding hydrogens is 362 g/mol. The van der Waals surface area contributed by atoms with Crippen LogP contribution in [0.25, 0.3) is 0 Å². The van der Waals surface area contributed by atoms with Gasteiger partial charge in [0.1, 0.15) is 12.1 Å². The average Bonchev–Trinajstić information content (AvgIpc) is 3.23. The molecule has 0 radical (unpaired) electrons. The van der Waals surface area contributed by atoms with Crippen LogP contribution in [0.5, 0.6) is 0 Å². The highest BCUT2D eigenvalue weighted by Gasteiger charge is 2.52. The minimum absolute atomic E-state index is 0.382. The summed E-state index contributed by atoms with van der Waals surface area (Å²) in [6.45, 7) is 1.38. The molecule has 1 atom stereocenters. The van der Waals surface area contributed by atoms with Crippen LogP contribution in [0.15, 0.2) is 30.3 Å². The van der Waals surface area contributed by atoms with Crippen molar-refractivity contribution in [1.29, 1.82) is 0 Å². The van der Waals surface area contributed by atoms with Gasteiger partial charge in [-0.05, 0) is 31.7 Å². The summed E-state index contributed by atoms with van der Waals surface area (Å²) in [6, 6.07) is 9.11. The van der Waals surface area contributed by atoms with Crippen LogP contribution in [-0.2, 0) is 25.5 Å². The summed E-state index contributed by atoms with van der Waals surface area (Å²) >= 11 is 0. The number of carbonyl (C=O) groups is 4. The first-order valence-corrected chi connectivity index (χ1v) is 9.56. The van der Waals surface area contributed by atoms with Crippen LogP contribution < -0.4 is 10.6 Å². The molecule has 0 unspecified atom stereocenters. The van der Waals surface area contributed by atoms with Crippen molar-refractivity contribution in [2.45, 2.75) is 50.7 Å². The molecule has 2 N–H and O–H groups in total. The molecule has 8 heteroatoms. The number of nitrogens with one attached hydrogen (secondary N) is 2. The fourth-order valence-corrected chi connectivity index (χ4v) is 3.67. The minimum atomic E-state index is -1.01. The number of amides is 4. The molecule has 1 aliphatic carbocycles. The summed E-state index contributed by atoms with van der Waals surface area (Å²) in [5, 5.41) is 5.42. The molecule has 1 heterocycles. The third-order valence-corrected chi connectivity index (χ3v) is 5.22. The van der Waals surface area contributed by atoms with Gasteiger partial charge in [0.2, 0.25) is 0 Å². The fraction of sp³-hybridized carbons (Fsp3) is 0.500. The number of hydrogen-bond donors (Lipinski definition) is 2. The standard InChI is InChI=1S/C20H25N3O5/c1-14(17(25)21-12-9-15-7-3-2-4-8-15)28-16(24)13-23-18(26)20(22-19(23)27)10-5-6-11-20/h2-4,7-8,14H,5-6,9-13H2,1H3,(H,21,25)(H,22,27)/t14-/m1/s1. The predicted octanol–water partition coefficient (Wildman–Crippen LogP) is 1.14. The second-order valence-corrected chi connectivity index (χ2v) is 7.27. The summed E-state index contributed by atoms with van der Waals surface area (Å²) in [5.41, 5.74) is 0.226. The van der Waals surface area contributed by atoms with Crippen LogP contribution in [0.2, 0.25) is 0 Å². The van der Waals surface area contributed by atoms with Crippen molar-refractivity contribution in [2.24, 2.45) is 0 Å². The lowest BCUT2D eigenvalue weighted by molar-refractivity contribution is -0.156. The smallest absolute Gasteiger partial charge is 0.327 e. The normalized spacial score (nSPS) is 18.8. The topological polar surface area (TPSA) is 105 Å². The van der Waals surface area contributed by atoms with E-state index in [2.05, 4.69) is 10.6 Å². The number of imide groups is 1. The zero-order chi connectivity index (χ0) is 20.1. The summed E-state index contributed by atoms with van der Waals surface area (Å²) in [7, 11) is 0. The highest BCUT2D eigenvalue weighted by Crippen LogP contribution is 2.34. The minimum Gasteiger partial charge on any atom is -0.451 e. The maximum Gasteiger partial charge on any atom is 0.327 e. The number of urea groups is 1. The zero-order valence-electron chi connectivity index (χ0n) is 15.9. The molecule has 1 aromatic carbocycles. The Bertz CT molecular complexity index is 758. The van der Waals surface area contributed by atoms with Crippen LogP contribution in [0.3, 0.4) is 0 Å². The molecule has 8 nitrogen and oxygen atoms in total. The SMILES string of the molecule is C[C@@H](OC(=O)CN1C(=O)NC2(CCCC2)C1=O)C(=O)NCCc1ccccc1. The van der Waals surface area contributed by atoms with Gasteiger partial charge in [0.15, 0.2) is 6.10 Å². The van der Waals surface area contributed by atoms with E-state index in [-0.39, 0.29) is 5.91 Å². The van der Waals surface area contributed by atoms with E-state index in [0.29, 0.717) is 25.8 Å². The number of benzene rings is 1. The molecule has 1 saturated carbocycles. The van der Waals surface area contributed by atoms with E-state index in [4.69, 9.17) is 4.74 Å². The van der Waals surface area contributed by atoms with E-state index >= 15 is 0 Å². The number of carbonyl (C=O) groups excluding carboxylic acids is 4. The lowest BCUT2D eigenvalue weighted by Crippen LogP contribution is -2.45. The van der Waals surface area contributed by atoms with Gasteiger partial charge >= 0.3 is 12.0 Å². The van der Waals surface area contributed by atoms with E-state index < -0.39 is 36.1 Å². The van der Waals surface area contributed by atoms with Gasteiger partial charge in [-0.1, -0.05) is 43.2 Å². The molecule has 3 rings (SSSR count). The Labute approximate surface area is 163 Å². The number of nitrogens with zero attached hydrogens (tertiary/aromatic N) is 1. The first kappa shape index (κ1) is 19.9. The Hall–Kier alpha value is -2.90. The van der Waals surface area contributed by atoms with Crippen LogP contribution in [0, 0.1) is 0 Å². The van der Waals surface area contributed by atoms with E-state index in [0.717, 1.165) is 23.3 Å². The number of ether oxygens (including phenoxy) is 1. The third-order valence-electron chi connectivity index (χ3n) is 5.22. The molecule has 1 spiro atoms. The Balaban J connectivity index is 1.44. The van der Waals surface area contributed by atoms with Crippen LogP contribution in [-0.4, -0.2) is 53.4 Å². The molecule has 1 aliphatic heterocycles. The van der Waals surface area contributed by atoms with Gasteiger partial charge in [-0.25, -0.2) is 4.79 Å². The fourth-order valence-electron chi connectivity index (χ4n) is 3.67. The van der Waals surface area contributed by atoms with Crippen molar-refractivity contribution in [3.05, 3.63) is 35.9 Å². The highest BCUT2D eigenvalue weighted by molar-refractivity contribution is 6.08. The first-order chi connectivity index (χ1) is 13.4. The van der Waals surface area contributed by atoms with Gasteiger partial charge < -0.3 is 15.4 Å². The van der Waals surface area contributed by atoms with E-state index in [1.54, 1.807) is 0 Å². The van der Waals surface area contributed by atoms with Gasteiger partial charge in [0, 0.05) is 6.54 Å². The van der Waals surface area contributed by atoms with Gasteiger partial charge in [-0.2, -0.15) is 0 Å². The van der Waals surface area contributed by atoms with Crippen molar-refractivity contribution in [2.75, 3.05) is 13.1 Å². The van der Waals surface area contributed by atoms with E-state index in [9.17, 15) is 19.2 Å². The molecule has 1 saturated heterocycles. The van der Waals surface area contributed by atoms with Crippen molar-refractivity contribution in [1.82, 2.24) is 15.5 Å². The summed E-state index contributed by atoms with van der Waals surface area (Å²) in [4.78, 5) is 49.7. The predicted molar refractivity (Wildman–Crippen MR) is 100 cm³/mol. The van der Waals surface area contributed by atoms with E-state index in [1.165, 1.54) is 6.92 Å². The Morgan fingerprint density at radius 3 is 2.57 bits per heavy atom. The summed E-state index contributed by atoms with van der Waals surface area (Å²) in [5.74, 6) is -1.59. The molecule has 4 amide bonds. The molecule has 0 bridgehead atoms. The van der Waals surface area contributed by atoms with Crippen molar-refractivity contribution in [3.8, 4) is 0 Å². The maximum absolute atomic E-state index is 12.5. The van der Waals surface area contributed by atoms with Gasteiger partial charge in [-0.3, -0.25) is 19.3 Å². The van der Waals surface area contributed by atoms with E-state index in [1.807, 2.05) is 30.3 Å². The van der Waals surface area contributed by atoms with Crippen molar-refractivity contribution in [3.63, 3.8) is 0 Å². The van der Waals surface area contributed by atoms with Crippen LogP contribution in [0.4, 0.5) is 4.79 Å². The number of esters is 1. The van der Waals surface area contributed by atoms with Gasteiger partial charge in [0.05, 0.1) is 0 Å². The molecule has 2 fully saturated rings. The summed E-state index contributed by atoms with van der Waals surface area (Å²) in [6.07, 6.45) is 2.56. The Kier molecular flexibility index (Phi) is 5.96. The Morgan fingerprint density at radius 1 is 1.21 bits per heavy atom. The number of rotatable bonds is 7. The Morgan fingerprint density at radius 2 is 1.89 bits per heavy atom. The van der Waals surface area contributed by atoms with Gasteiger partial charge in [-0.15, -0.1) is 0 Å². The largest absolute Gasteiger partial charge is 0.451 e. The van der Waals surface area contributed by atoms with Crippen molar-refractivity contribution >= 4 is 23.8 Å². The molecular formula is C20H25N3O5. The average molecular weight is 387 g/mol. The lowest BCUT2D eigenvalue weighted by Gasteiger charge is -2.20. The zero-order valence-corrected chi connectivity index (χ0v) is 15.9. The number of hydrogen-bond acceptors (Lipinski definition) is 5. The maximum atomic E-state index is 12.5.